The van der Waals surface area contributed by atoms with Gasteiger partial charge in [0.1, 0.15) is 9.79 Å². The molecule has 2 aromatic rings. The van der Waals surface area contributed by atoms with Crippen molar-refractivity contribution in [1.82, 2.24) is 0 Å². The Morgan fingerprint density at radius 3 is 1.28 bits per heavy atom. The molecule has 0 unspecified atom stereocenters. The van der Waals surface area contributed by atoms with Crippen LogP contribution in [0, 0.1) is 20.2 Å². The van der Waals surface area contributed by atoms with Gasteiger partial charge in [0.2, 0.25) is 0 Å². The first kappa shape index (κ1) is 24.8. The van der Waals surface area contributed by atoms with Gasteiger partial charge in [0, 0.05) is 53.8 Å². The summed E-state index contributed by atoms with van der Waals surface area (Å²) in [7, 11) is -9.73. The maximum atomic E-state index is 11.5. The number of non-ortho nitro benzene ring substituents is 2. The monoisotopic (exact) mass is 453 g/mol. The zero-order valence-electron chi connectivity index (χ0n) is 14.5. The molecule has 0 fully saturated rings. The zero-order valence-corrected chi connectivity index (χ0v) is 18.1. The molecule has 0 atom stereocenters. The van der Waals surface area contributed by atoms with Crippen molar-refractivity contribution in [3.05, 3.63) is 67.8 Å². The summed E-state index contributed by atoms with van der Waals surface area (Å²) in [4.78, 5) is 18.2. The number of nitro groups is 2. The molecule has 2 rings (SSSR count). The van der Waals surface area contributed by atoms with E-state index >= 15 is 0 Å². The summed E-state index contributed by atoms with van der Waals surface area (Å²) in [6, 6.07) is 5.11. The Morgan fingerprint density at radius 1 is 0.724 bits per heavy atom. The second-order valence-electron chi connectivity index (χ2n) is 5.24. The molecule has 29 heavy (non-hydrogen) atoms. The van der Waals surface area contributed by atoms with Crippen LogP contribution in [0.15, 0.2) is 46.2 Å². The molecule has 15 heteroatoms. The van der Waals surface area contributed by atoms with Gasteiger partial charge in [0.05, 0.1) is 9.85 Å². The maximum absolute atomic E-state index is 11.5. The number of benzene rings is 2. The van der Waals surface area contributed by atoms with E-state index in [1.165, 1.54) is 0 Å². The van der Waals surface area contributed by atoms with Crippen LogP contribution in [0.1, 0.15) is 11.1 Å². The molecule has 0 bridgehead atoms. The molecule has 0 spiro atoms. The molecule has 149 valence electrons. The standard InChI is InChI=1S/C14H10N2O10S2.Na/c17-15(18)11-5-3-9(13(7-11)27(21,22)23)1-2-10-4-6-12(16(19)20)8-14(10)28(24,25)26;/h1-8H,(H,21,22,23)(H,24,25,26);. The topological polar surface area (TPSA) is 195 Å². The fourth-order valence-electron chi connectivity index (χ4n) is 2.17. The van der Waals surface area contributed by atoms with Crippen molar-refractivity contribution in [3.63, 3.8) is 0 Å². The smallest absolute Gasteiger partial charge is 0.282 e. The third-order valence-electron chi connectivity index (χ3n) is 3.41. The summed E-state index contributed by atoms with van der Waals surface area (Å²) in [5, 5.41) is 21.5. The minimum Gasteiger partial charge on any atom is -0.282 e. The van der Waals surface area contributed by atoms with E-state index in [0.717, 1.165) is 36.4 Å². The van der Waals surface area contributed by atoms with E-state index in [2.05, 4.69) is 0 Å². The first-order chi connectivity index (χ1) is 12.8. The van der Waals surface area contributed by atoms with E-state index in [0.29, 0.717) is 12.1 Å². The molecule has 0 amide bonds. The second kappa shape index (κ2) is 9.08. The van der Waals surface area contributed by atoms with Crippen LogP contribution < -0.4 is 0 Å². The molecule has 2 N–H and O–H groups in total. The molecule has 1 radical (unpaired) electrons. The van der Waals surface area contributed by atoms with E-state index in [9.17, 15) is 46.2 Å². The molecule has 0 aromatic heterocycles. The molecule has 0 saturated carbocycles. The van der Waals surface area contributed by atoms with Gasteiger partial charge in [-0.25, -0.2) is 0 Å². The number of nitro benzene ring substituents is 2. The van der Waals surface area contributed by atoms with Gasteiger partial charge in [-0.3, -0.25) is 29.3 Å². The van der Waals surface area contributed by atoms with Crippen molar-refractivity contribution in [1.29, 1.82) is 0 Å². The molecule has 0 aliphatic carbocycles. The Kier molecular flexibility index (Phi) is 7.78. The van der Waals surface area contributed by atoms with Gasteiger partial charge in [-0.2, -0.15) is 16.8 Å². The van der Waals surface area contributed by atoms with Gasteiger partial charge in [-0.15, -0.1) is 0 Å². The van der Waals surface area contributed by atoms with Crippen molar-refractivity contribution >= 4 is 73.3 Å². The van der Waals surface area contributed by atoms with E-state index in [4.69, 9.17) is 0 Å². The third kappa shape index (κ3) is 6.14. The first-order valence-corrected chi connectivity index (χ1v) is 9.88. The van der Waals surface area contributed by atoms with Crippen molar-refractivity contribution in [3.8, 4) is 0 Å². The maximum Gasteiger partial charge on any atom is 0.295 e. The summed E-state index contributed by atoms with van der Waals surface area (Å²) in [5.41, 5.74) is -1.68. The van der Waals surface area contributed by atoms with Crippen LogP contribution in [0.2, 0.25) is 0 Å². The van der Waals surface area contributed by atoms with Gasteiger partial charge in [-0.1, -0.05) is 12.2 Å². The number of hydrogen-bond acceptors (Lipinski definition) is 8. The van der Waals surface area contributed by atoms with Crippen LogP contribution >= 0.6 is 0 Å². The Bertz CT molecular complexity index is 1130. The molecule has 0 saturated heterocycles. The number of nitrogens with zero attached hydrogens (tertiary/aromatic N) is 2. The Hall–Kier alpha value is -2.20. The average molecular weight is 453 g/mol. The summed E-state index contributed by atoms with van der Waals surface area (Å²) >= 11 is 0. The first-order valence-electron chi connectivity index (χ1n) is 7.00. The van der Waals surface area contributed by atoms with Gasteiger partial charge in [-0.05, 0) is 23.3 Å². The van der Waals surface area contributed by atoms with Crippen LogP contribution in [0.3, 0.4) is 0 Å². The van der Waals surface area contributed by atoms with Crippen molar-refractivity contribution in [2.45, 2.75) is 9.79 Å². The molecular formula is C14H10N2NaO10S2. The van der Waals surface area contributed by atoms with Gasteiger partial charge < -0.3 is 0 Å². The molecular weight excluding hydrogens is 443 g/mol. The van der Waals surface area contributed by atoms with Crippen LogP contribution in [-0.4, -0.2) is 65.3 Å². The van der Waals surface area contributed by atoms with Gasteiger partial charge in [0.25, 0.3) is 31.6 Å². The summed E-state index contributed by atoms with van der Waals surface area (Å²) in [6.45, 7) is 0. The third-order valence-corrected chi connectivity index (χ3v) is 5.23. The predicted octanol–water partition coefficient (Wildman–Crippen LogP) is 1.79. The summed E-state index contributed by atoms with van der Waals surface area (Å²) < 4.78 is 64.4. The van der Waals surface area contributed by atoms with Crippen molar-refractivity contribution in [2.24, 2.45) is 0 Å². The molecule has 0 aliphatic rings. The molecule has 0 heterocycles. The zero-order chi connectivity index (χ0) is 21.3. The average Bonchev–Trinajstić information content (AvgIpc) is 2.57. The van der Waals surface area contributed by atoms with Crippen LogP contribution in [0.4, 0.5) is 11.4 Å². The Morgan fingerprint density at radius 2 is 1.03 bits per heavy atom. The largest absolute Gasteiger partial charge is 0.295 e. The van der Waals surface area contributed by atoms with E-state index in [1.54, 1.807) is 0 Å². The normalized spacial score (nSPS) is 11.8. The van der Waals surface area contributed by atoms with Crippen molar-refractivity contribution < 1.29 is 35.8 Å². The van der Waals surface area contributed by atoms with Crippen LogP contribution in [0.5, 0.6) is 0 Å². The van der Waals surface area contributed by atoms with E-state index in [1.807, 2.05) is 0 Å². The fraction of sp³-hybridized carbons (Fsp3) is 0. The quantitative estimate of drug-likeness (QED) is 0.214. The minimum absolute atomic E-state index is 0. The predicted molar refractivity (Wildman–Crippen MR) is 101 cm³/mol. The van der Waals surface area contributed by atoms with Crippen molar-refractivity contribution in [2.75, 3.05) is 0 Å². The fourth-order valence-corrected chi connectivity index (χ4v) is 3.58. The molecule has 2 aromatic carbocycles. The van der Waals surface area contributed by atoms with E-state index in [-0.39, 0.29) is 40.7 Å². The summed E-state index contributed by atoms with van der Waals surface area (Å²) in [5.74, 6) is 0. The van der Waals surface area contributed by atoms with Gasteiger partial charge >= 0.3 is 0 Å². The van der Waals surface area contributed by atoms with E-state index < -0.39 is 51.2 Å². The molecule has 12 nitrogen and oxygen atoms in total. The minimum atomic E-state index is -4.86. The number of hydrogen-bond donors (Lipinski definition) is 2. The van der Waals surface area contributed by atoms with Gasteiger partial charge in [0.15, 0.2) is 0 Å². The van der Waals surface area contributed by atoms with Crippen LogP contribution in [-0.2, 0) is 20.2 Å². The Labute approximate surface area is 186 Å². The number of rotatable bonds is 6. The summed E-state index contributed by atoms with van der Waals surface area (Å²) in [6.07, 6.45) is 2.01. The SMILES string of the molecule is O=[N+]([O-])c1ccc(C=Cc2ccc([N+](=O)[O-])cc2S(=O)(=O)O)c(S(=O)(=O)O)c1.[Na]. The second-order valence-corrected chi connectivity index (χ2v) is 8.02. The van der Waals surface area contributed by atoms with Crippen LogP contribution in [0.25, 0.3) is 12.2 Å². The molecule has 0 aliphatic heterocycles. The Balaban J connectivity index is 0.00000420.